The van der Waals surface area contributed by atoms with Gasteiger partial charge in [-0.25, -0.2) is 8.42 Å². The molecule has 0 aliphatic heterocycles. The van der Waals surface area contributed by atoms with E-state index >= 15 is 0 Å². The third-order valence-corrected chi connectivity index (χ3v) is 4.67. The summed E-state index contributed by atoms with van der Waals surface area (Å²) in [6, 6.07) is 4.21. The molecule has 0 saturated heterocycles. The first-order chi connectivity index (χ1) is 8.29. The third kappa shape index (κ3) is 1.77. The normalized spacial score (nSPS) is 18.1. The molecule has 0 heterocycles. The molecular formula is C12H14O5S. The Morgan fingerprint density at radius 1 is 1.33 bits per heavy atom. The SMILES string of the molecule is CS(=O)(=O)c1c(O)cccc1C1(C(=O)O)CCC1. The van der Waals surface area contributed by atoms with Gasteiger partial charge in [0.2, 0.25) is 0 Å². The Morgan fingerprint density at radius 2 is 1.94 bits per heavy atom. The highest BCUT2D eigenvalue weighted by Gasteiger charge is 2.48. The summed E-state index contributed by atoms with van der Waals surface area (Å²) < 4.78 is 23.5. The van der Waals surface area contributed by atoms with Crippen LogP contribution >= 0.6 is 0 Å². The standard InChI is InChI=1S/C12H14O5S/c1-18(16,17)10-8(4-2-5-9(10)13)12(11(14)15)6-3-7-12/h2,4-5,13H,3,6-7H2,1H3,(H,14,15). The van der Waals surface area contributed by atoms with Crippen molar-refractivity contribution >= 4 is 15.8 Å². The summed E-state index contributed by atoms with van der Waals surface area (Å²) in [6.07, 6.45) is 2.51. The molecule has 0 radical (unpaired) electrons. The predicted octanol–water partition coefficient (Wildman–Crippen LogP) is 1.30. The Morgan fingerprint density at radius 3 is 2.33 bits per heavy atom. The topological polar surface area (TPSA) is 91.7 Å². The smallest absolute Gasteiger partial charge is 0.314 e. The summed E-state index contributed by atoms with van der Waals surface area (Å²) in [7, 11) is -3.67. The van der Waals surface area contributed by atoms with Crippen molar-refractivity contribution in [2.75, 3.05) is 6.26 Å². The van der Waals surface area contributed by atoms with Gasteiger partial charge in [-0.3, -0.25) is 4.79 Å². The molecule has 1 aliphatic carbocycles. The number of sulfone groups is 1. The van der Waals surface area contributed by atoms with E-state index < -0.39 is 21.2 Å². The Hall–Kier alpha value is -1.56. The minimum absolute atomic E-state index is 0.198. The number of aliphatic carboxylic acids is 1. The molecule has 98 valence electrons. The van der Waals surface area contributed by atoms with Crippen LogP contribution in [0.25, 0.3) is 0 Å². The van der Waals surface area contributed by atoms with Crippen LogP contribution in [0.3, 0.4) is 0 Å². The number of aromatic hydroxyl groups is 1. The van der Waals surface area contributed by atoms with E-state index in [1.165, 1.54) is 18.2 Å². The van der Waals surface area contributed by atoms with Gasteiger partial charge in [0, 0.05) is 6.26 Å². The zero-order valence-electron chi connectivity index (χ0n) is 9.88. The van der Waals surface area contributed by atoms with E-state index in [2.05, 4.69) is 0 Å². The molecule has 5 nitrogen and oxygen atoms in total. The van der Waals surface area contributed by atoms with Crippen molar-refractivity contribution in [1.29, 1.82) is 0 Å². The lowest BCUT2D eigenvalue weighted by atomic mass is 9.64. The molecule has 1 aromatic carbocycles. The van der Waals surface area contributed by atoms with Crippen molar-refractivity contribution in [2.45, 2.75) is 29.6 Å². The van der Waals surface area contributed by atoms with Crippen LogP contribution < -0.4 is 0 Å². The summed E-state index contributed by atoms with van der Waals surface area (Å²) in [6.45, 7) is 0. The monoisotopic (exact) mass is 270 g/mol. The molecule has 0 bridgehead atoms. The van der Waals surface area contributed by atoms with E-state index in [-0.39, 0.29) is 16.2 Å². The number of rotatable bonds is 3. The van der Waals surface area contributed by atoms with Crippen LogP contribution in [0.5, 0.6) is 5.75 Å². The first-order valence-corrected chi connectivity index (χ1v) is 7.44. The van der Waals surface area contributed by atoms with Crippen molar-refractivity contribution in [3.05, 3.63) is 23.8 Å². The minimum Gasteiger partial charge on any atom is -0.507 e. The van der Waals surface area contributed by atoms with E-state index in [9.17, 15) is 23.4 Å². The second-order valence-corrected chi connectivity index (χ2v) is 6.62. The molecule has 0 unspecified atom stereocenters. The molecule has 1 aliphatic rings. The summed E-state index contributed by atoms with van der Waals surface area (Å²) in [5.74, 6) is -1.42. The van der Waals surface area contributed by atoms with Gasteiger partial charge in [0.05, 0.1) is 5.41 Å². The zero-order chi connectivity index (χ0) is 13.6. The first kappa shape index (κ1) is 12.9. The quantitative estimate of drug-likeness (QED) is 0.863. The van der Waals surface area contributed by atoms with Gasteiger partial charge in [0.15, 0.2) is 9.84 Å². The van der Waals surface area contributed by atoms with Crippen LogP contribution in [-0.4, -0.2) is 30.9 Å². The Balaban J connectivity index is 2.73. The van der Waals surface area contributed by atoms with Gasteiger partial charge in [0.1, 0.15) is 10.6 Å². The molecule has 0 aromatic heterocycles. The Labute approximate surface area is 105 Å². The predicted molar refractivity (Wildman–Crippen MR) is 64.4 cm³/mol. The van der Waals surface area contributed by atoms with Gasteiger partial charge in [0.25, 0.3) is 0 Å². The highest BCUT2D eigenvalue weighted by Crippen LogP contribution is 2.47. The van der Waals surface area contributed by atoms with E-state index in [4.69, 9.17) is 0 Å². The zero-order valence-corrected chi connectivity index (χ0v) is 10.7. The molecular weight excluding hydrogens is 256 g/mol. The van der Waals surface area contributed by atoms with Crippen molar-refractivity contribution in [3.63, 3.8) is 0 Å². The average molecular weight is 270 g/mol. The molecule has 1 fully saturated rings. The van der Waals surface area contributed by atoms with Crippen LogP contribution in [0, 0.1) is 0 Å². The minimum atomic E-state index is -3.67. The lowest BCUT2D eigenvalue weighted by Gasteiger charge is -2.39. The van der Waals surface area contributed by atoms with Crippen LogP contribution in [-0.2, 0) is 20.0 Å². The number of carboxylic acid groups (broad SMARTS) is 1. The fourth-order valence-corrected chi connectivity index (χ4v) is 3.53. The van der Waals surface area contributed by atoms with E-state index in [1.54, 1.807) is 0 Å². The van der Waals surface area contributed by atoms with Gasteiger partial charge < -0.3 is 10.2 Å². The van der Waals surface area contributed by atoms with Gasteiger partial charge in [-0.2, -0.15) is 0 Å². The number of phenols is 1. The van der Waals surface area contributed by atoms with Gasteiger partial charge in [-0.05, 0) is 24.5 Å². The maximum atomic E-state index is 11.7. The molecule has 0 amide bonds. The fourth-order valence-electron chi connectivity index (χ4n) is 2.42. The van der Waals surface area contributed by atoms with Crippen molar-refractivity contribution < 1.29 is 23.4 Å². The molecule has 2 rings (SSSR count). The second-order valence-electron chi connectivity index (χ2n) is 4.67. The summed E-state index contributed by atoms with van der Waals surface area (Å²) in [5.41, 5.74) is -0.972. The molecule has 1 saturated carbocycles. The Bertz CT molecular complexity index is 599. The van der Waals surface area contributed by atoms with Gasteiger partial charge in [-0.1, -0.05) is 18.6 Å². The van der Waals surface area contributed by atoms with E-state index in [0.717, 1.165) is 12.7 Å². The summed E-state index contributed by atoms with van der Waals surface area (Å²) in [5, 5.41) is 19.1. The third-order valence-electron chi connectivity index (χ3n) is 3.50. The van der Waals surface area contributed by atoms with Crippen molar-refractivity contribution in [2.24, 2.45) is 0 Å². The highest BCUT2D eigenvalue weighted by molar-refractivity contribution is 7.90. The largest absolute Gasteiger partial charge is 0.507 e. The molecule has 6 heteroatoms. The van der Waals surface area contributed by atoms with E-state index in [1.807, 2.05) is 0 Å². The summed E-state index contributed by atoms with van der Waals surface area (Å²) in [4.78, 5) is 11.2. The van der Waals surface area contributed by atoms with Crippen molar-refractivity contribution in [3.8, 4) is 5.75 Å². The van der Waals surface area contributed by atoms with Gasteiger partial charge >= 0.3 is 5.97 Å². The average Bonchev–Trinajstić information content (AvgIpc) is 2.12. The maximum absolute atomic E-state index is 11.7. The lowest BCUT2D eigenvalue weighted by Crippen LogP contribution is -2.43. The number of carbonyl (C=O) groups is 1. The van der Waals surface area contributed by atoms with Crippen molar-refractivity contribution in [1.82, 2.24) is 0 Å². The van der Waals surface area contributed by atoms with Crippen LogP contribution in [0.4, 0.5) is 0 Å². The maximum Gasteiger partial charge on any atom is 0.314 e. The molecule has 0 spiro atoms. The molecule has 1 aromatic rings. The number of hydrogen-bond donors (Lipinski definition) is 2. The van der Waals surface area contributed by atoms with E-state index in [0.29, 0.717) is 12.8 Å². The van der Waals surface area contributed by atoms with Crippen LogP contribution in [0.2, 0.25) is 0 Å². The fraction of sp³-hybridized carbons (Fsp3) is 0.417. The lowest BCUT2D eigenvalue weighted by molar-refractivity contribution is -0.147. The second kappa shape index (κ2) is 3.98. The van der Waals surface area contributed by atoms with Crippen LogP contribution in [0.15, 0.2) is 23.1 Å². The molecule has 2 N–H and O–H groups in total. The van der Waals surface area contributed by atoms with Gasteiger partial charge in [-0.15, -0.1) is 0 Å². The number of benzene rings is 1. The molecule has 0 atom stereocenters. The first-order valence-electron chi connectivity index (χ1n) is 5.55. The Kier molecular flexibility index (Phi) is 2.85. The number of phenolic OH excluding ortho intramolecular Hbond substituents is 1. The number of hydrogen-bond acceptors (Lipinski definition) is 4. The highest BCUT2D eigenvalue weighted by atomic mass is 32.2. The van der Waals surface area contributed by atoms with Crippen LogP contribution in [0.1, 0.15) is 24.8 Å². The molecule has 18 heavy (non-hydrogen) atoms. The number of carboxylic acids is 1. The summed E-state index contributed by atoms with van der Waals surface area (Å²) >= 11 is 0.